The lowest BCUT2D eigenvalue weighted by Gasteiger charge is -2.12. The van der Waals surface area contributed by atoms with Gasteiger partial charge in [0, 0.05) is 0 Å². The zero-order valence-electron chi connectivity index (χ0n) is 10.6. The van der Waals surface area contributed by atoms with Crippen LogP contribution in [0.25, 0.3) is 0 Å². The standard InChI is InChI=1S/C15H17BrO2/c1-3-10-5-6-12(9-11(10)4-2)15(17)13-7-8-14(16)18-13/h5-9,15,17H,3-4H2,1-2H3. The quantitative estimate of drug-likeness (QED) is 0.916. The van der Waals surface area contributed by atoms with E-state index >= 15 is 0 Å². The second-order valence-corrected chi connectivity index (χ2v) is 5.06. The molecule has 0 saturated heterocycles. The summed E-state index contributed by atoms with van der Waals surface area (Å²) >= 11 is 3.25. The van der Waals surface area contributed by atoms with Crippen molar-refractivity contribution in [3.05, 3.63) is 57.5 Å². The minimum atomic E-state index is -0.701. The SMILES string of the molecule is CCc1ccc(C(O)c2ccc(Br)o2)cc1CC. The van der Waals surface area contributed by atoms with Gasteiger partial charge < -0.3 is 9.52 Å². The molecule has 0 amide bonds. The van der Waals surface area contributed by atoms with E-state index in [-0.39, 0.29) is 0 Å². The number of aliphatic hydroxyl groups excluding tert-OH is 1. The van der Waals surface area contributed by atoms with E-state index in [1.165, 1.54) is 11.1 Å². The van der Waals surface area contributed by atoms with E-state index in [2.05, 4.69) is 41.9 Å². The van der Waals surface area contributed by atoms with Crippen molar-refractivity contribution in [2.75, 3.05) is 0 Å². The van der Waals surface area contributed by atoms with Gasteiger partial charge in [-0.15, -0.1) is 0 Å². The normalized spacial score (nSPS) is 12.7. The maximum Gasteiger partial charge on any atom is 0.169 e. The van der Waals surface area contributed by atoms with Gasteiger partial charge in [0.1, 0.15) is 11.9 Å². The highest BCUT2D eigenvalue weighted by molar-refractivity contribution is 9.10. The second kappa shape index (κ2) is 5.72. The van der Waals surface area contributed by atoms with E-state index in [0.29, 0.717) is 10.4 Å². The number of hydrogen-bond donors (Lipinski definition) is 1. The molecule has 0 spiro atoms. The predicted octanol–water partition coefficient (Wildman–Crippen LogP) is 4.25. The van der Waals surface area contributed by atoms with E-state index < -0.39 is 6.10 Å². The van der Waals surface area contributed by atoms with Gasteiger partial charge in [-0.1, -0.05) is 32.0 Å². The summed E-state index contributed by atoms with van der Waals surface area (Å²) in [6, 6.07) is 9.71. The highest BCUT2D eigenvalue weighted by atomic mass is 79.9. The molecule has 18 heavy (non-hydrogen) atoms. The monoisotopic (exact) mass is 308 g/mol. The van der Waals surface area contributed by atoms with E-state index in [9.17, 15) is 5.11 Å². The molecule has 2 rings (SSSR count). The van der Waals surface area contributed by atoms with Gasteiger partial charge in [0.15, 0.2) is 4.67 Å². The third kappa shape index (κ3) is 2.68. The lowest BCUT2D eigenvalue weighted by atomic mass is 9.97. The molecule has 1 unspecified atom stereocenters. The van der Waals surface area contributed by atoms with E-state index in [0.717, 1.165) is 18.4 Å². The largest absolute Gasteiger partial charge is 0.451 e. The molecule has 1 atom stereocenters. The number of aliphatic hydroxyl groups is 1. The van der Waals surface area contributed by atoms with Crippen molar-refractivity contribution >= 4 is 15.9 Å². The molecule has 0 aliphatic carbocycles. The lowest BCUT2D eigenvalue weighted by molar-refractivity contribution is 0.187. The summed E-state index contributed by atoms with van der Waals surface area (Å²) in [5, 5.41) is 10.3. The Morgan fingerprint density at radius 2 is 1.83 bits per heavy atom. The molecule has 0 bridgehead atoms. The maximum atomic E-state index is 10.3. The number of hydrogen-bond acceptors (Lipinski definition) is 2. The Bertz CT molecular complexity index is 531. The van der Waals surface area contributed by atoms with Crippen LogP contribution in [0.5, 0.6) is 0 Å². The van der Waals surface area contributed by atoms with Crippen LogP contribution in [-0.4, -0.2) is 5.11 Å². The van der Waals surface area contributed by atoms with Crippen LogP contribution in [0.1, 0.15) is 42.4 Å². The van der Waals surface area contributed by atoms with E-state index in [4.69, 9.17) is 4.42 Å². The zero-order valence-corrected chi connectivity index (χ0v) is 12.2. The average Bonchev–Trinajstić information content (AvgIpc) is 2.83. The van der Waals surface area contributed by atoms with E-state index in [1.54, 1.807) is 12.1 Å². The molecule has 0 radical (unpaired) electrons. The van der Waals surface area contributed by atoms with Crippen molar-refractivity contribution in [3.8, 4) is 0 Å². The number of benzene rings is 1. The fourth-order valence-corrected chi connectivity index (χ4v) is 2.45. The fourth-order valence-electron chi connectivity index (χ4n) is 2.13. The van der Waals surface area contributed by atoms with Crippen LogP contribution in [-0.2, 0) is 12.8 Å². The Kier molecular flexibility index (Phi) is 4.25. The van der Waals surface area contributed by atoms with Crippen LogP contribution in [0.2, 0.25) is 0 Å². The summed E-state index contributed by atoms with van der Waals surface area (Å²) in [5.74, 6) is 0.563. The molecular weight excluding hydrogens is 292 g/mol. The van der Waals surface area contributed by atoms with E-state index in [1.807, 2.05) is 6.07 Å². The summed E-state index contributed by atoms with van der Waals surface area (Å²) in [7, 11) is 0. The molecule has 2 aromatic rings. The highest BCUT2D eigenvalue weighted by Crippen LogP contribution is 2.27. The predicted molar refractivity (Wildman–Crippen MR) is 75.7 cm³/mol. The Balaban J connectivity index is 2.33. The smallest absolute Gasteiger partial charge is 0.169 e. The topological polar surface area (TPSA) is 33.4 Å². The van der Waals surface area contributed by atoms with Gasteiger partial charge in [-0.25, -0.2) is 0 Å². The number of rotatable bonds is 4. The van der Waals surface area contributed by atoms with Crippen molar-refractivity contribution < 1.29 is 9.52 Å². The van der Waals surface area contributed by atoms with Gasteiger partial charge in [0.05, 0.1) is 0 Å². The molecule has 1 N–H and O–H groups in total. The lowest BCUT2D eigenvalue weighted by Crippen LogP contribution is -2.01. The average molecular weight is 309 g/mol. The Morgan fingerprint density at radius 3 is 2.39 bits per heavy atom. The first-order valence-electron chi connectivity index (χ1n) is 6.20. The van der Waals surface area contributed by atoms with Crippen molar-refractivity contribution in [2.24, 2.45) is 0 Å². The highest BCUT2D eigenvalue weighted by Gasteiger charge is 2.15. The molecule has 2 nitrogen and oxygen atoms in total. The Hall–Kier alpha value is -1.06. The Morgan fingerprint density at radius 1 is 1.11 bits per heavy atom. The summed E-state index contributed by atoms with van der Waals surface area (Å²) in [4.78, 5) is 0. The summed E-state index contributed by atoms with van der Waals surface area (Å²) in [6.45, 7) is 4.28. The van der Waals surface area contributed by atoms with Crippen LogP contribution in [0.3, 0.4) is 0 Å². The zero-order chi connectivity index (χ0) is 13.1. The van der Waals surface area contributed by atoms with Crippen LogP contribution in [0, 0.1) is 0 Å². The summed E-state index contributed by atoms with van der Waals surface area (Å²) < 4.78 is 6.03. The first kappa shape index (κ1) is 13.4. The molecule has 1 aromatic carbocycles. The number of furan rings is 1. The minimum Gasteiger partial charge on any atom is -0.451 e. The fraction of sp³-hybridized carbons (Fsp3) is 0.333. The second-order valence-electron chi connectivity index (χ2n) is 4.28. The van der Waals surface area contributed by atoms with Crippen molar-refractivity contribution in [1.29, 1.82) is 0 Å². The maximum absolute atomic E-state index is 10.3. The molecule has 0 aliphatic rings. The van der Waals surface area contributed by atoms with Crippen LogP contribution < -0.4 is 0 Å². The first-order chi connectivity index (χ1) is 8.65. The summed E-state index contributed by atoms with van der Waals surface area (Å²) in [6.07, 6.45) is 1.30. The first-order valence-corrected chi connectivity index (χ1v) is 7.00. The third-order valence-corrected chi connectivity index (χ3v) is 3.60. The number of aryl methyl sites for hydroxylation is 2. The molecule has 0 saturated carbocycles. The molecule has 0 aliphatic heterocycles. The molecule has 0 fully saturated rings. The van der Waals surface area contributed by atoms with Crippen LogP contribution in [0.4, 0.5) is 0 Å². The molecular formula is C15H17BrO2. The van der Waals surface area contributed by atoms with Gasteiger partial charge >= 0.3 is 0 Å². The van der Waals surface area contributed by atoms with Crippen molar-refractivity contribution in [3.63, 3.8) is 0 Å². The van der Waals surface area contributed by atoms with Crippen molar-refractivity contribution in [1.82, 2.24) is 0 Å². The molecule has 1 heterocycles. The van der Waals surface area contributed by atoms with Gasteiger partial charge in [-0.2, -0.15) is 0 Å². The Labute approximate surface area is 116 Å². The summed E-state index contributed by atoms with van der Waals surface area (Å²) in [5.41, 5.74) is 3.51. The van der Waals surface area contributed by atoms with Crippen LogP contribution >= 0.6 is 15.9 Å². The third-order valence-electron chi connectivity index (χ3n) is 3.17. The molecule has 3 heteroatoms. The molecule has 1 aromatic heterocycles. The van der Waals surface area contributed by atoms with Crippen molar-refractivity contribution in [2.45, 2.75) is 32.8 Å². The van der Waals surface area contributed by atoms with Gasteiger partial charge in [-0.05, 0) is 57.6 Å². The number of halogens is 1. The van der Waals surface area contributed by atoms with Gasteiger partial charge in [0.25, 0.3) is 0 Å². The molecule has 96 valence electrons. The minimum absolute atomic E-state index is 0.563. The van der Waals surface area contributed by atoms with Gasteiger partial charge in [-0.3, -0.25) is 0 Å². The van der Waals surface area contributed by atoms with Crippen LogP contribution in [0.15, 0.2) is 39.4 Å². The van der Waals surface area contributed by atoms with Gasteiger partial charge in [0.2, 0.25) is 0 Å².